The Hall–Kier alpha value is -2.14. The summed E-state index contributed by atoms with van der Waals surface area (Å²) in [5, 5.41) is 4.22. The van der Waals surface area contributed by atoms with E-state index in [2.05, 4.69) is 27.4 Å². The summed E-state index contributed by atoms with van der Waals surface area (Å²) in [5.74, 6) is 0.468. The lowest BCUT2D eigenvalue weighted by Crippen LogP contribution is -2.23. The van der Waals surface area contributed by atoms with Crippen LogP contribution in [-0.2, 0) is 16.6 Å². The van der Waals surface area contributed by atoms with E-state index < -0.39 is 10.8 Å². The number of aromatic nitrogens is 2. The monoisotopic (exact) mass is 353 g/mol. The Bertz CT molecular complexity index is 850. The Morgan fingerprint density at radius 2 is 1.80 bits per heavy atom. The van der Waals surface area contributed by atoms with Crippen molar-refractivity contribution in [1.29, 1.82) is 0 Å². The number of hydrogen-bond donors (Lipinski definition) is 2. The number of nitrogens with zero attached hydrogens (tertiary/aromatic N) is 1. The first-order valence-electron chi connectivity index (χ1n) is 8.97. The van der Waals surface area contributed by atoms with Crippen molar-refractivity contribution < 1.29 is 4.21 Å². The fourth-order valence-electron chi connectivity index (χ4n) is 3.50. The Labute approximate surface area is 150 Å². The van der Waals surface area contributed by atoms with Crippen molar-refractivity contribution in [3.8, 4) is 0 Å². The number of benzene rings is 2. The standard InChI is InChI=1S/C20H23N3OS/c24-25(20-22-18-12-6-7-13-19(18)23-20)14-15-8-4-5-11-17(15)21-16-9-2-1-3-10-16/h4-8,11-13,16,21H,1-3,9-10,14H2,(H,22,23). The number of fused-ring (bicyclic) bond motifs is 1. The van der Waals surface area contributed by atoms with Crippen molar-refractivity contribution in [2.24, 2.45) is 0 Å². The van der Waals surface area contributed by atoms with Crippen LogP contribution in [0.5, 0.6) is 0 Å². The van der Waals surface area contributed by atoms with Crippen LogP contribution in [0.15, 0.2) is 53.7 Å². The van der Waals surface area contributed by atoms with Crippen LogP contribution in [0.3, 0.4) is 0 Å². The maximum Gasteiger partial charge on any atom is 0.197 e. The summed E-state index contributed by atoms with van der Waals surface area (Å²) in [7, 11) is -1.19. The van der Waals surface area contributed by atoms with Gasteiger partial charge in [0.25, 0.3) is 0 Å². The maximum atomic E-state index is 12.8. The molecule has 1 unspecified atom stereocenters. The third-order valence-corrected chi connectivity index (χ3v) is 6.05. The molecule has 1 aliphatic rings. The molecule has 0 spiro atoms. The molecule has 1 atom stereocenters. The molecular weight excluding hydrogens is 330 g/mol. The van der Waals surface area contributed by atoms with Gasteiger partial charge in [0.2, 0.25) is 0 Å². The molecule has 25 heavy (non-hydrogen) atoms. The van der Waals surface area contributed by atoms with Gasteiger partial charge in [-0.3, -0.25) is 4.21 Å². The van der Waals surface area contributed by atoms with Crippen LogP contribution in [0.4, 0.5) is 5.69 Å². The highest BCUT2D eigenvalue weighted by atomic mass is 32.2. The van der Waals surface area contributed by atoms with E-state index in [1.165, 1.54) is 32.1 Å². The molecule has 0 bridgehead atoms. The van der Waals surface area contributed by atoms with E-state index in [0.717, 1.165) is 22.3 Å². The fourth-order valence-corrected chi connectivity index (χ4v) is 4.60. The van der Waals surface area contributed by atoms with Crippen molar-refractivity contribution in [3.63, 3.8) is 0 Å². The number of hydrogen-bond acceptors (Lipinski definition) is 3. The van der Waals surface area contributed by atoms with Gasteiger partial charge in [0.15, 0.2) is 5.16 Å². The lowest BCUT2D eigenvalue weighted by Gasteiger charge is -2.25. The molecule has 1 fully saturated rings. The summed E-state index contributed by atoms with van der Waals surface area (Å²) in [4.78, 5) is 7.66. The second-order valence-electron chi connectivity index (χ2n) is 6.69. The highest BCUT2D eigenvalue weighted by molar-refractivity contribution is 7.84. The van der Waals surface area contributed by atoms with Crippen LogP contribution in [0, 0.1) is 0 Å². The number of rotatable bonds is 5. The number of aromatic amines is 1. The second kappa shape index (κ2) is 7.40. The van der Waals surface area contributed by atoms with Gasteiger partial charge in [-0.2, -0.15) is 0 Å². The van der Waals surface area contributed by atoms with Gasteiger partial charge in [-0.25, -0.2) is 4.98 Å². The molecule has 1 saturated carbocycles. The van der Waals surface area contributed by atoms with E-state index >= 15 is 0 Å². The highest BCUT2D eigenvalue weighted by Gasteiger charge is 2.16. The highest BCUT2D eigenvalue weighted by Crippen LogP contribution is 2.25. The molecule has 3 aromatic rings. The van der Waals surface area contributed by atoms with E-state index in [-0.39, 0.29) is 0 Å². The van der Waals surface area contributed by atoms with E-state index in [0.29, 0.717) is 17.0 Å². The largest absolute Gasteiger partial charge is 0.382 e. The molecule has 0 saturated heterocycles. The predicted octanol–water partition coefficient (Wildman–Crippen LogP) is 4.62. The van der Waals surface area contributed by atoms with E-state index in [4.69, 9.17) is 0 Å². The minimum absolute atomic E-state index is 0.468. The van der Waals surface area contributed by atoms with Crippen molar-refractivity contribution in [3.05, 3.63) is 54.1 Å². The smallest absolute Gasteiger partial charge is 0.197 e. The van der Waals surface area contributed by atoms with Gasteiger partial charge in [0.1, 0.15) is 0 Å². The quantitative estimate of drug-likeness (QED) is 0.704. The van der Waals surface area contributed by atoms with Crippen LogP contribution in [0.1, 0.15) is 37.7 Å². The summed E-state index contributed by atoms with van der Waals surface area (Å²) in [5.41, 5.74) is 3.99. The van der Waals surface area contributed by atoms with Gasteiger partial charge in [-0.05, 0) is 36.6 Å². The molecule has 1 aromatic heterocycles. The van der Waals surface area contributed by atoms with Crippen LogP contribution >= 0.6 is 0 Å². The first-order chi connectivity index (χ1) is 12.3. The van der Waals surface area contributed by atoms with Crippen LogP contribution in [-0.4, -0.2) is 20.2 Å². The summed E-state index contributed by atoms with van der Waals surface area (Å²) < 4.78 is 12.8. The number of imidazole rings is 1. The van der Waals surface area contributed by atoms with Gasteiger partial charge in [0.05, 0.1) is 27.6 Å². The first kappa shape index (κ1) is 16.3. The molecule has 130 valence electrons. The third kappa shape index (κ3) is 3.76. The summed E-state index contributed by atoms with van der Waals surface area (Å²) in [6.07, 6.45) is 6.38. The Morgan fingerprint density at radius 1 is 1.04 bits per heavy atom. The topological polar surface area (TPSA) is 57.8 Å². The van der Waals surface area contributed by atoms with Gasteiger partial charge < -0.3 is 10.3 Å². The van der Waals surface area contributed by atoms with E-state index in [1.807, 2.05) is 36.4 Å². The molecule has 0 amide bonds. The average molecular weight is 353 g/mol. The van der Waals surface area contributed by atoms with Gasteiger partial charge >= 0.3 is 0 Å². The van der Waals surface area contributed by atoms with E-state index in [9.17, 15) is 4.21 Å². The van der Waals surface area contributed by atoms with Crippen molar-refractivity contribution in [1.82, 2.24) is 9.97 Å². The lowest BCUT2D eigenvalue weighted by molar-refractivity contribution is 0.462. The zero-order chi connectivity index (χ0) is 17.1. The van der Waals surface area contributed by atoms with Crippen molar-refractivity contribution >= 4 is 27.5 Å². The molecule has 2 N–H and O–H groups in total. The van der Waals surface area contributed by atoms with Gasteiger partial charge in [-0.15, -0.1) is 0 Å². The Balaban J connectivity index is 1.52. The molecule has 4 rings (SSSR count). The van der Waals surface area contributed by atoms with E-state index in [1.54, 1.807) is 0 Å². The number of anilines is 1. The summed E-state index contributed by atoms with van der Waals surface area (Å²) >= 11 is 0. The minimum atomic E-state index is -1.19. The third-order valence-electron chi connectivity index (χ3n) is 4.85. The SMILES string of the molecule is O=S(Cc1ccccc1NC1CCCCC1)c1nc2ccccc2[nH]1. The first-order valence-corrected chi connectivity index (χ1v) is 10.3. The van der Waals surface area contributed by atoms with Gasteiger partial charge in [0, 0.05) is 11.7 Å². The maximum absolute atomic E-state index is 12.8. The molecule has 2 aromatic carbocycles. The molecule has 5 heteroatoms. The number of H-pyrrole nitrogens is 1. The molecule has 0 aliphatic heterocycles. The van der Waals surface area contributed by atoms with Crippen molar-refractivity contribution in [2.75, 3.05) is 5.32 Å². The van der Waals surface area contributed by atoms with Crippen LogP contribution in [0.25, 0.3) is 11.0 Å². The fraction of sp³-hybridized carbons (Fsp3) is 0.350. The average Bonchev–Trinajstić information content (AvgIpc) is 3.09. The lowest BCUT2D eigenvalue weighted by atomic mass is 9.95. The summed E-state index contributed by atoms with van der Waals surface area (Å²) in [6, 6.07) is 16.5. The zero-order valence-electron chi connectivity index (χ0n) is 14.2. The predicted molar refractivity (Wildman–Crippen MR) is 103 cm³/mol. The Kier molecular flexibility index (Phi) is 4.83. The second-order valence-corrected chi connectivity index (χ2v) is 8.05. The molecular formula is C20H23N3OS. The number of nitrogens with one attached hydrogen (secondary N) is 2. The van der Waals surface area contributed by atoms with Crippen molar-refractivity contribution in [2.45, 2.75) is 49.1 Å². The Morgan fingerprint density at radius 3 is 2.64 bits per heavy atom. The minimum Gasteiger partial charge on any atom is -0.382 e. The van der Waals surface area contributed by atoms with Gasteiger partial charge in [-0.1, -0.05) is 49.6 Å². The zero-order valence-corrected chi connectivity index (χ0v) is 15.0. The van der Waals surface area contributed by atoms with Crippen LogP contribution in [0.2, 0.25) is 0 Å². The normalized spacial score (nSPS) is 16.8. The molecule has 0 radical (unpaired) electrons. The molecule has 1 heterocycles. The molecule has 1 aliphatic carbocycles. The summed E-state index contributed by atoms with van der Waals surface area (Å²) in [6.45, 7) is 0. The number of para-hydroxylation sites is 3. The molecule has 4 nitrogen and oxygen atoms in total. The van der Waals surface area contributed by atoms with Crippen LogP contribution < -0.4 is 5.32 Å².